The average Bonchev–Trinajstić information content (AvgIpc) is 2.31. The van der Waals surface area contributed by atoms with Crippen LogP contribution in [0.5, 0.6) is 0 Å². The molecule has 1 N–H and O–H groups in total. The molecule has 0 aliphatic heterocycles. The minimum atomic E-state index is -0.328. The molecule has 0 aromatic heterocycles. The van der Waals surface area contributed by atoms with Crippen molar-refractivity contribution in [3.05, 3.63) is 33.3 Å². The van der Waals surface area contributed by atoms with Gasteiger partial charge >= 0.3 is 0 Å². The van der Waals surface area contributed by atoms with Crippen LogP contribution < -0.4 is 0 Å². The van der Waals surface area contributed by atoms with E-state index >= 15 is 0 Å². The summed E-state index contributed by atoms with van der Waals surface area (Å²) < 4.78 is 1.15. The molecule has 1 rings (SSSR count). The number of aliphatic hydroxyl groups is 1. The molecule has 0 aliphatic carbocycles. The van der Waals surface area contributed by atoms with E-state index in [9.17, 15) is 5.11 Å². The van der Waals surface area contributed by atoms with E-state index in [1.165, 1.54) is 11.1 Å². The molecule has 0 saturated heterocycles. The molecule has 0 radical (unpaired) electrons. The van der Waals surface area contributed by atoms with Crippen molar-refractivity contribution < 1.29 is 5.11 Å². The van der Waals surface area contributed by atoms with Crippen LogP contribution in [-0.2, 0) is 0 Å². The molecular formula is C15H23BrO. The van der Waals surface area contributed by atoms with Crippen molar-refractivity contribution in [3.63, 3.8) is 0 Å². The largest absolute Gasteiger partial charge is 0.388 e. The highest BCUT2D eigenvalue weighted by Crippen LogP contribution is 2.29. The van der Waals surface area contributed by atoms with Gasteiger partial charge in [0, 0.05) is 4.47 Å². The number of benzene rings is 1. The monoisotopic (exact) mass is 298 g/mol. The van der Waals surface area contributed by atoms with E-state index in [4.69, 9.17) is 0 Å². The van der Waals surface area contributed by atoms with Crippen molar-refractivity contribution >= 4 is 15.9 Å². The van der Waals surface area contributed by atoms with Gasteiger partial charge in [-0.15, -0.1) is 0 Å². The second-order valence-corrected chi connectivity index (χ2v) is 5.70. The van der Waals surface area contributed by atoms with Crippen LogP contribution in [-0.4, -0.2) is 5.11 Å². The van der Waals surface area contributed by atoms with E-state index in [1.807, 2.05) is 0 Å². The second kappa shape index (κ2) is 6.55. The standard InChI is InChI=1S/C15H23BrO/c1-5-12(6-2)9-14(17)13-7-10(3)15(16)11(4)8-13/h7-8,12,14,17H,5-6,9H2,1-4H3. The predicted molar refractivity (Wildman–Crippen MR) is 77.3 cm³/mol. The Labute approximate surface area is 113 Å². The SMILES string of the molecule is CCC(CC)CC(O)c1cc(C)c(Br)c(C)c1. The number of hydrogen-bond donors (Lipinski definition) is 1. The van der Waals surface area contributed by atoms with Crippen LogP contribution in [0.1, 0.15) is 55.9 Å². The van der Waals surface area contributed by atoms with Gasteiger partial charge in [0.15, 0.2) is 0 Å². The molecule has 0 aliphatic rings. The zero-order chi connectivity index (χ0) is 13.0. The lowest BCUT2D eigenvalue weighted by atomic mass is 9.92. The summed E-state index contributed by atoms with van der Waals surface area (Å²) in [6.07, 6.45) is 2.82. The van der Waals surface area contributed by atoms with Gasteiger partial charge in [0.2, 0.25) is 0 Å². The summed E-state index contributed by atoms with van der Waals surface area (Å²) >= 11 is 3.56. The van der Waals surface area contributed by atoms with Crippen LogP contribution in [0.2, 0.25) is 0 Å². The van der Waals surface area contributed by atoms with Crippen molar-refractivity contribution in [3.8, 4) is 0 Å². The molecule has 0 amide bonds. The summed E-state index contributed by atoms with van der Waals surface area (Å²) in [6, 6.07) is 4.17. The van der Waals surface area contributed by atoms with Crippen molar-refractivity contribution in [2.24, 2.45) is 5.92 Å². The summed E-state index contributed by atoms with van der Waals surface area (Å²) in [5.41, 5.74) is 3.45. The quantitative estimate of drug-likeness (QED) is 0.817. The van der Waals surface area contributed by atoms with Crippen LogP contribution in [0.3, 0.4) is 0 Å². The molecule has 0 fully saturated rings. The first kappa shape index (κ1) is 14.7. The summed E-state index contributed by atoms with van der Waals surface area (Å²) in [6.45, 7) is 8.53. The van der Waals surface area contributed by atoms with Gasteiger partial charge in [-0.2, -0.15) is 0 Å². The topological polar surface area (TPSA) is 20.2 Å². The molecule has 17 heavy (non-hydrogen) atoms. The lowest BCUT2D eigenvalue weighted by Gasteiger charge is -2.19. The van der Waals surface area contributed by atoms with Crippen LogP contribution in [0, 0.1) is 19.8 Å². The Hall–Kier alpha value is -0.340. The first-order valence-electron chi connectivity index (χ1n) is 6.44. The Morgan fingerprint density at radius 3 is 2.00 bits per heavy atom. The van der Waals surface area contributed by atoms with Gasteiger partial charge in [-0.05, 0) is 42.9 Å². The molecule has 0 heterocycles. The number of halogens is 1. The fraction of sp³-hybridized carbons (Fsp3) is 0.600. The first-order chi connectivity index (χ1) is 7.99. The molecule has 96 valence electrons. The molecule has 1 atom stereocenters. The summed E-state index contributed by atoms with van der Waals surface area (Å²) in [4.78, 5) is 0. The highest BCUT2D eigenvalue weighted by Gasteiger charge is 2.15. The number of aryl methyl sites for hydroxylation is 2. The van der Waals surface area contributed by atoms with Crippen LogP contribution in [0.4, 0.5) is 0 Å². The minimum absolute atomic E-state index is 0.328. The third-order valence-electron chi connectivity index (χ3n) is 3.55. The molecule has 1 aromatic rings. The van der Waals surface area contributed by atoms with Gasteiger partial charge in [-0.25, -0.2) is 0 Å². The Morgan fingerprint density at radius 1 is 1.12 bits per heavy atom. The number of hydrogen-bond acceptors (Lipinski definition) is 1. The zero-order valence-corrected chi connectivity index (χ0v) is 12.8. The van der Waals surface area contributed by atoms with Gasteiger partial charge in [-0.1, -0.05) is 54.8 Å². The van der Waals surface area contributed by atoms with E-state index in [-0.39, 0.29) is 6.10 Å². The van der Waals surface area contributed by atoms with Gasteiger partial charge in [-0.3, -0.25) is 0 Å². The van der Waals surface area contributed by atoms with Gasteiger partial charge in [0.1, 0.15) is 0 Å². The first-order valence-corrected chi connectivity index (χ1v) is 7.23. The molecular weight excluding hydrogens is 276 g/mol. The maximum atomic E-state index is 10.3. The Balaban J connectivity index is 2.85. The fourth-order valence-electron chi connectivity index (χ4n) is 2.25. The Bertz CT molecular complexity index is 346. The Kier molecular flexibility index (Phi) is 5.68. The van der Waals surface area contributed by atoms with E-state index < -0.39 is 0 Å². The van der Waals surface area contributed by atoms with E-state index in [0.717, 1.165) is 29.3 Å². The normalized spacial score (nSPS) is 13.1. The Morgan fingerprint density at radius 2 is 1.59 bits per heavy atom. The molecule has 0 saturated carbocycles. The lowest BCUT2D eigenvalue weighted by Crippen LogP contribution is -2.06. The van der Waals surface area contributed by atoms with Crippen LogP contribution >= 0.6 is 15.9 Å². The number of aliphatic hydroxyl groups excluding tert-OH is 1. The summed E-state index contributed by atoms with van der Waals surface area (Å²) in [5, 5.41) is 10.3. The molecule has 1 aromatic carbocycles. The second-order valence-electron chi connectivity index (χ2n) is 4.90. The molecule has 1 nitrogen and oxygen atoms in total. The maximum absolute atomic E-state index is 10.3. The fourth-order valence-corrected chi connectivity index (χ4v) is 2.47. The summed E-state index contributed by atoms with van der Waals surface area (Å²) in [5.74, 6) is 0.620. The molecule has 1 unspecified atom stereocenters. The van der Waals surface area contributed by atoms with Crippen molar-refractivity contribution in [1.82, 2.24) is 0 Å². The third-order valence-corrected chi connectivity index (χ3v) is 4.81. The van der Waals surface area contributed by atoms with Crippen LogP contribution in [0.25, 0.3) is 0 Å². The van der Waals surface area contributed by atoms with Gasteiger partial charge in [0.05, 0.1) is 6.10 Å². The third kappa shape index (κ3) is 3.82. The van der Waals surface area contributed by atoms with Gasteiger partial charge < -0.3 is 5.11 Å². The minimum Gasteiger partial charge on any atom is -0.388 e. The smallest absolute Gasteiger partial charge is 0.0792 e. The van der Waals surface area contributed by atoms with Gasteiger partial charge in [0.25, 0.3) is 0 Å². The summed E-state index contributed by atoms with van der Waals surface area (Å²) in [7, 11) is 0. The number of rotatable bonds is 5. The zero-order valence-electron chi connectivity index (χ0n) is 11.3. The van der Waals surface area contributed by atoms with Crippen molar-refractivity contribution in [2.75, 3.05) is 0 Å². The maximum Gasteiger partial charge on any atom is 0.0792 e. The molecule has 0 spiro atoms. The van der Waals surface area contributed by atoms with Crippen LogP contribution in [0.15, 0.2) is 16.6 Å². The van der Waals surface area contributed by atoms with E-state index in [1.54, 1.807) is 0 Å². The van der Waals surface area contributed by atoms with E-state index in [2.05, 4.69) is 55.8 Å². The van der Waals surface area contributed by atoms with Crippen molar-refractivity contribution in [2.45, 2.75) is 53.1 Å². The molecule has 2 heteroatoms. The lowest BCUT2D eigenvalue weighted by molar-refractivity contribution is 0.141. The average molecular weight is 299 g/mol. The highest BCUT2D eigenvalue weighted by atomic mass is 79.9. The van der Waals surface area contributed by atoms with E-state index in [0.29, 0.717) is 5.92 Å². The highest BCUT2D eigenvalue weighted by molar-refractivity contribution is 9.10. The predicted octanol–water partition coefficient (Wildman–Crippen LogP) is 4.93. The van der Waals surface area contributed by atoms with Crippen molar-refractivity contribution in [1.29, 1.82) is 0 Å². The molecule has 0 bridgehead atoms.